The first-order valence-electron chi connectivity index (χ1n) is 11.6. The van der Waals surface area contributed by atoms with Crippen molar-refractivity contribution in [1.82, 2.24) is 39.1 Å². The minimum absolute atomic E-state index is 0.0704. The van der Waals surface area contributed by atoms with Gasteiger partial charge in [0.2, 0.25) is 0 Å². The maximum absolute atomic E-state index is 12.4. The number of hydrogen-bond acceptors (Lipinski definition) is 6. The summed E-state index contributed by atoms with van der Waals surface area (Å²) in [6.07, 6.45) is 3.55. The van der Waals surface area contributed by atoms with E-state index in [2.05, 4.69) is 31.7 Å². The first kappa shape index (κ1) is 21.1. The van der Waals surface area contributed by atoms with Gasteiger partial charge in [-0.1, -0.05) is 0 Å². The highest BCUT2D eigenvalue weighted by atomic mass is 16.1. The number of aryl methyl sites for hydroxylation is 4. The van der Waals surface area contributed by atoms with Gasteiger partial charge in [0.15, 0.2) is 5.82 Å². The first-order valence-corrected chi connectivity index (χ1v) is 11.6. The van der Waals surface area contributed by atoms with Crippen LogP contribution in [0.5, 0.6) is 0 Å². The predicted octanol–water partition coefficient (Wildman–Crippen LogP) is 1.09. The van der Waals surface area contributed by atoms with Gasteiger partial charge in [0, 0.05) is 58.1 Å². The van der Waals surface area contributed by atoms with Crippen LogP contribution in [0.1, 0.15) is 34.8 Å². The summed E-state index contributed by atoms with van der Waals surface area (Å²) >= 11 is 0. The van der Waals surface area contributed by atoms with E-state index < -0.39 is 0 Å². The molecule has 0 amide bonds. The Labute approximate surface area is 188 Å². The molecule has 0 radical (unpaired) electrons. The van der Waals surface area contributed by atoms with E-state index in [9.17, 15) is 4.79 Å². The highest BCUT2D eigenvalue weighted by Gasteiger charge is 2.24. The van der Waals surface area contributed by atoms with E-state index in [4.69, 9.17) is 5.10 Å². The highest BCUT2D eigenvalue weighted by molar-refractivity contribution is 5.30. The second-order valence-corrected chi connectivity index (χ2v) is 9.06. The molecule has 3 aromatic heterocycles. The smallest absolute Gasteiger partial charge is 0.266 e. The molecular formula is C23H32N8O. The Morgan fingerprint density at radius 2 is 1.72 bits per heavy atom. The molecule has 0 saturated carbocycles. The van der Waals surface area contributed by atoms with Gasteiger partial charge in [0.05, 0.1) is 23.6 Å². The normalized spacial score (nSPS) is 17.2. The molecule has 0 atom stereocenters. The summed E-state index contributed by atoms with van der Waals surface area (Å²) in [7, 11) is 2.08. The summed E-state index contributed by atoms with van der Waals surface area (Å²) in [6, 6.07) is 5.34. The van der Waals surface area contributed by atoms with E-state index in [1.807, 2.05) is 19.9 Å². The van der Waals surface area contributed by atoms with Crippen molar-refractivity contribution in [1.29, 1.82) is 0 Å². The lowest BCUT2D eigenvalue weighted by Gasteiger charge is -2.34. The molecule has 2 aliphatic rings. The third-order valence-electron chi connectivity index (χ3n) is 6.74. The van der Waals surface area contributed by atoms with Gasteiger partial charge >= 0.3 is 0 Å². The second kappa shape index (κ2) is 8.63. The van der Waals surface area contributed by atoms with Crippen molar-refractivity contribution in [2.45, 2.75) is 46.2 Å². The van der Waals surface area contributed by atoms with Crippen LogP contribution in [0.3, 0.4) is 0 Å². The lowest BCUT2D eigenvalue weighted by molar-refractivity contribution is 0.120. The summed E-state index contributed by atoms with van der Waals surface area (Å²) in [4.78, 5) is 17.3. The number of aromatic nitrogens is 6. The molecule has 0 N–H and O–H groups in total. The van der Waals surface area contributed by atoms with E-state index in [1.165, 1.54) is 29.8 Å². The Balaban J connectivity index is 1.17. The van der Waals surface area contributed by atoms with Gasteiger partial charge in [-0.2, -0.15) is 10.2 Å². The predicted molar refractivity (Wildman–Crippen MR) is 122 cm³/mol. The van der Waals surface area contributed by atoms with Crippen LogP contribution in [0, 0.1) is 13.8 Å². The van der Waals surface area contributed by atoms with Gasteiger partial charge in [0.25, 0.3) is 5.56 Å². The Bertz CT molecular complexity index is 1170. The minimum atomic E-state index is -0.0704. The topological polar surface area (TPSA) is 77.0 Å². The van der Waals surface area contributed by atoms with Crippen LogP contribution in [0.4, 0.5) is 0 Å². The molecule has 0 spiro atoms. The SMILES string of the molecule is Cc1cc(C)n(-c2ccc(=O)n(CCN3CCN(Cc4c5c(nn4C)CCC5)CC3)n2)n1. The molecule has 0 aromatic carbocycles. The second-order valence-electron chi connectivity index (χ2n) is 9.06. The third kappa shape index (κ3) is 4.14. The van der Waals surface area contributed by atoms with Crippen molar-refractivity contribution < 1.29 is 0 Å². The van der Waals surface area contributed by atoms with Crippen LogP contribution in [0.15, 0.2) is 23.0 Å². The summed E-state index contributed by atoms with van der Waals surface area (Å²) in [5.41, 5.74) is 6.07. The van der Waals surface area contributed by atoms with Crippen molar-refractivity contribution in [3.63, 3.8) is 0 Å². The van der Waals surface area contributed by atoms with Crippen LogP contribution in [0.25, 0.3) is 5.82 Å². The van der Waals surface area contributed by atoms with Crippen LogP contribution in [-0.2, 0) is 33.0 Å². The van der Waals surface area contributed by atoms with E-state index in [-0.39, 0.29) is 5.56 Å². The highest BCUT2D eigenvalue weighted by Crippen LogP contribution is 2.25. The molecule has 1 aliphatic heterocycles. The van der Waals surface area contributed by atoms with E-state index in [1.54, 1.807) is 21.5 Å². The van der Waals surface area contributed by atoms with Gasteiger partial charge in [-0.3, -0.25) is 19.3 Å². The summed E-state index contributed by atoms with van der Waals surface area (Å²) in [5.74, 6) is 0.684. The number of piperazine rings is 1. The number of hydrogen-bond donors (Lipinski definition) is 0. The largest absolute Gasteiger partial charge is 0.299 e. The van der Waals surface area contributed by atoms with Crippen molar-refractivity contribution in [3.05, 3.63) is 56.9 Å². The molecule has 1 fully saturated rings. The zero-order valence-electron chi connectivity index (χ0n) is 19.3. The summed E-state index contributed by atoms with van der Waals surface area (Å²) < 4.78 is 5.44. The van der Waals surface area contributed by atoms with Gasteiger partial charge < -0.3 is 0 Å². The maximum atomic E-state index is 12.4. The molecule has 3 aromatic rings. The maximum Gasteiger partial charge on any atom is 0.266 e. The number of fused-ring (bicyclic) bond motifs is 1. The molecule has 9 heteroatoms. The molecule has 5 rings (SSSR count). The lowest BCUT2D eigenvalue weighted by Crippen LogP contribution is -2.47. The molecule has 4 heterocycles. The van der Waals surface area contributed by atoms with Crippen molar-refractivity contribution in [2.24, 2.45) is 7.05 Å². The zero-order chi connectivity index (χ0) is 22.2. The molecule has 0 unspecified atom stereocenters. The molecule has 1 saturated heterocycles. The third-order valence-corrected chi connectivity index (χ3v) is 6.74. The van der Waals surface area contributed by atoms with Crippen LogP contribution in [-0.4, -0.2) is 71.9 Å². The van der Waals surface area contributed by atoms with Crippen molar-refractivity contribution in [2.75, 3.05) is 32.7 Å². The van der Waals surface area contributed by atoms with E-state index in [0.29, 0.717) is 12.4 Å². The first-order chi connectivity index (χ1) is 15.5. The van der Waals surface area contributed by atoms with Gasteiger partial charge in [-0.05, 0) is 50.8 Å². The van der Waals surface area contributed by atoms with E-state index >= 15 is 0 Å². The zero-order valence-corrected chi connectivity index (χ0v) is 19.3. The quantitative estimate of drug-likeness (QED) is 0.576. The monoisotopic (exact) mass is 436 g/mol. The number of rotatable bonds is 6. The Morgan fingerprint density at radius 1 is 0.938 bits per heavy atom. The van der Waals surface area contributed by atoms with Crippen LogP contribution < -0.4 is 5.56 Å². The van der Waals surface area contributed by atoms with Gasteiger partial charge in [-0.25, -0.2) is 9.36 Å². The number of nitrogens with zero attached hydrogens (tertiary/aromatic N) is 8. The Morgan fingerprint density at radius 3 is 2.47 bits per heavy atom. The van der Waals surface area contributed by atoms with E-state index in [0.717, 1.165) is 57.1 Å². The molecule has 32 heavy (non-hydrogen) atoms. The fourth-order valence-corrected chi connectivity index (χ4v) is 4.97. The van der Waals surface area contributed by atoms with Crippen molar-refractivity contribution >= 4 is 0 Å². The standard InChI is InChI=1S/C23H32N8O/c1-17-15-18(2)31(24-17)22-7-8-23(32)30(26-22)14-13-28-9-11-29(12-10-28)16-21-19-5-4-6-20(19)25-27(21)3/h7-8,15H,4-6,9-14,16H2,1-3H3. The molecule has 9 nitrogen and oxygen atoms in total. The Kier molecular flexibility index (Phi) is 5.69. The van der Waals surface area contributed by atoms with Crippen molar-refractivity contribution in [3.8, 4) is 5.82 Å². The van der Waals surface area contributed by atoms with Crippen LogP contribution >= 0.6 is 0 Å². The average molecular weight is 437 g/mol. The van der Waals surface area contributed by atoms with Crippen LogP contribution in [0.2, 0.25) is 0 Å². The average Bonchev–Trinajstić information content (AvgIpc) is 3.44. The fraction of sp³-hybridized carbons (Fsp3) is 0.565. The van der Waals surface area contributed by atoms with Gasteiger partial charge in [0.1, 0.15) is 0 Å². The van der Waals surface area contributed by atoms with Gasteiger partial charge in [-0.15, -0.1) is 5.10 Å². The minimum Gasteiger partial charge on any atom is -0.299 e. The summed E-state index contributed by atoms with van der Waals surface area (Å²) in [5, 5.41) is 13.8. The Hall–Kier alpha value is -2.78. The molecule has 1 aliphatic carbocycles. The molecule has 170 valence electrons. The molecule has 0 bridgehead atoms. The fourth-order valence-electron chi connectivity index (χ4n) is 4.97. The summed E-state index contributed by atoms with van der Waals surface area (Å²) in [6.45, 7) is 10.4. The molecular weight excluding hydrogens is 404 g/mol. The lowest BCUT2D eigenvalue weighted by atomic mass is 10.2.